The van der Waals surface area contributed by atoms with Gasteiger partial charge < -0.3 is 9.47 Å². The molecule has 0 saturated heterocycles. The second-order valence-corrected chi connectivity index (χ2v) is 8.35. The summed E-state index contributed by atoms with van der Waals surface area (Å²) in [4.78, 5) is 0. The predicted octanol–water partition coefficient (Wildman–Crippen LogP) is 6.55. The summed E-state index contributed by atoms with van der Waals surface area (Å²) in [6, 6.07) is 20.2. The van der Waals surface area contributed by atoms with Crippen LogP contribution < -0.4 is 0 Å². The van der Waals surface area contributed by atoms with Crippen LogP contribution in [0, 0.1) is 6.92 Å². The maximum atomic E-state index is 6.00. The summed E-state index contributed by atoms with van der Waals surface area (Å²) >= 11 is 0. The number of ether oxygens (including phenoxy) is 2. The van der Waals surface area contributed by atoms with Gasteiger partial charge in [0.1, 0.15) is 6.79 Å². The minimum Gasteiger partial charge on any atom is -0.359 e. The molecule has 4 rings (SSSR count). The lowest BCUT2D eigenvalue weighted by atomic mass is 9.71. The van der Waals surface area contributed by atoms with Crippen LogP contribution in [-0.2, 0) is 14.9 Å². The van der Waals surface area contributed by atoms with E-state index in [9.17, 15) is 0 Å². The number of benzene rings is 3. The van der Waals surface area contributed by atoms with Crippen molar-refractivity contribution in [2.75, 3.05) is 13.9 Å². The van der Waals surface area contributed by atoms with Gasteiger partial charge in [-0.25, -0.2) is 0 Å². The number of hydrogen-bond acceptors (Lipinski definition) is 2. The molecule has 2 nitrogen and oxygen atoms in total. The van der Waals surface area contributed by atoms with Crippen LogP contribution in [0.2, 0.25) is 0 Å². The lowest BCUT2D eigenvalue weighted by molar-refractivity contribution is -0.0808. The largest absolute Gasteiger partial charge is 0.359 e. The Morgan fingerprint density at radius 3 is 2.44 bits per heavy atom. The van der Waals surface area contributed by atoms with Crippen molar-refractivity contribution >= 4 is 10.8 Å². The number of methoxy groups -OCH3 is 1. The SMILES string of the molecule is COCOC1CCC(C)(C)c2ccc(-c3ccc4cc(C)ccc4c3)cc21. The van der Waals surface area contributed by atoms with E-state index >= 15 is 0 Å². The number of fused-ring (bicyclic) bond motifs is 2. The highest BCUT2D eigenvalue weighted by Gasteiger charge is 2.33. The Morgan fingerprint density at radius 1 is 0.926 bits per heavy atom. The Hall–Kier alpha value is -2.16. The van der Waals surface area contributed by atoms with Gasteiger partial charge in [-0.2, -0.15) is 0 Å². The van der Waals surface area contributed by atoms with Crippen LogP contribution in [0.15, 0.2) is 54.6 Å². The zero-order valence-corrected chi connectivity index (χ0v) is 16.7. The van der Waals surface area contributed by atoms with Crippen LogP contribution in [0.25, 0.3) is 21.9 Å². The second-order valence-electron chi connectivity index (χ2n) is 8.35. The minimum atomic E-state index is 0.107. The third-order valence-corrected chi connectivity index (χ3v) is 5.88. The molecule has 3 aromatic rings. The molecule has 1 aliphatic rings. The molecule has 0 bridgehead atoms. The monoisotopic (exact) mass is 360 g/mol. The van der Waals surface area contributed by atoms with Crippen molar-refractivity contribution in [2.45, 2.75) is 45.1 Å². The van der Waals surface area contributed by atoms with Gasteiger partial charge in [-0.05, 0) is 70.3 Å². The van der Waals surface area contributed by atoms with E-state index in [1.807, 2.05) is 0 Å². The molecule has 1 aliphatic carbocycles. The first-order valence-electron chi connectivity index (χ1n) is 9.74. The van der Waals surface area contributed by atoms with Gasteiger partial charge in [0.2, 0.25) is 0 Å². The quantitative estimate of drug-likeness (QED) is 0.491. The Kier molecular flexibility index (Phi) is 4.79. The van der Waals surface area contributed by atoms with Crippen molar-refractivity contribution in [1.82, 2.24) is 0 Å². The topological polar surface area (TPSA) is 18.5 Å². The van der Waals surface area contributed by atoms with Crippen LogP contribution in [0.5, 0.6) is 0 Å². The van der Waals surface area contributed by atoms with Crippen molar-refractivity contribution in [3.05, 3.63) is 71.3 Å². The Bertz CT molecular complexity index is 971. The third-order valence-electron chi connectivity index (χ3n) is 5.88. The molecular weight excluding hydrogens is 332 g/mol. The molecule has 1 unspecified atom stereocenters. The Morgan fingerprint density at radius 2 is 1.63 bits per heavy atom. The first-order valence-corrected chi connectivity index (χ1v) is 9.74. The Labute approximate surface area is 162 Å². The molecule has 27 heavy (non-hydrogen) atoms. The molecule has 0 spiro atoms. The van der Waals surface area contributed by atoms with Gasteiger partial charge in [-0.1, -0.05) is 61.9 Å². The van der Waals surface area contributed by atoms with Crippen molar-refractivity contribution in [1.29, 1.82) is 0 Å². The summed E-state index contributed by atoms with van der Waals surface area (Å²) in [5.41, 5.74) is 6.69. The second kappa shape index (κ2) is 7.10. The molecule has 0 aromatic heterocycles. The molecule has 140 valence electrons. The predicted molar refractivity (Wildman–Crippen MR) is 112 cm³/mol. The van der Waals surface area contributed by atoms with Crippen molar-refractivity contribution in [2.24, 2.45) is 0 Å². The van der Waals surface area contributed by atoms with E-state index in [-0.39, 0.29) is 11.5 Å². The summed E-state index contributed by atoms with van der Waals surface area (Å²) in [5, 5.41) is 2.57. The molecule has 3 aromatic carbocycles. The van der Waals surface area contributed by atoms with E-state index in [1.54, 1.807) is 7.11 Å². The van der Waals surface area contributed by atoms with E-state index in [4.69, 9.17) is 9.47 Å². The first-order chi connectivity index (χ1) is 13.0. The summed E-state index contributed by atoms with van der Waals surface area (Å²) in [6.45, 7) is 7.13. The fourth-order valence-electron chi connectivity index (χ4n) is 4.28. The molecule has 0 N–H and O–H groups in total. The van der Waals surface area contributed by atoms with Crippen molar-refractivity contribution in [3.8, 4) is 11.1 Å². The average molecular weight is 360 g/mol. The van der Waals surface area contributed by atoms with Gasteiger partial charge in [0, 0.05) is 7.11 Å². The van der Waals surface area contributed by atoms with Gasteiger partial charge in [-0.15, -0.1) is 0 Å². The molecule has 1 atom stereocenters. The highest BCUT2D eigenvalue weighted by Crippen LogP contribution is 2.44. The van der Waals surface area contributed by atoms with Crippen molar-refractivity contribution in [3.63, 3.8) is 0 Å². The number of hydrogen-bond donors (Lipinski definition) is 0. The highest BCUT2D eigenvalue weighted by atomic mass is 16.7. The van der Waals surface area contributed by atoms with Crippen LogP contribution in [0.3, 0.4) is 0 Å². The highest BCUT2D eigenvalue weighted by molar-refractivity contribution is 5.88. The standard InChI is InChI=1S/C25H28O2/c1-17-5-6-19-14-20(8-7-18(19)13-17)21-9-10-23-22(15-21)24(27-16-26-4)11-12-25(23,2)3/h5-10,13-15,24H,11-12,16H2,1-4H3. The molecule has 0 aliphatic heterocycles. The normalized spacial score (nSPS) is 18.4. The zero-order valence-electron chi connectivity index (χ0n) is 16.7. The van der Waals surface area contributed by atoms with E-state index in [2.05, 4.69) is 75.4 Å². The van der Waals surface area contributed by atoms with Crippen molar-refractivity contribution < 1.29 is 9.47 Å². The van der Waals surface area contributed by atoms with E-state index in [1.165, 1.54) is 38.6 Å². The maximum Gasteiger partial charge on any atom is 0.147 e. The molecule has 2 heteroatoms. The maximum absolute atomic E-state index is 6.00. The molecule has 0 saturated carbocycles. The van der Waals surface area contributed by atoms with Gasteiger partial charge in [0.25, 0.3) is 0 Å². The smallest absolute Gasteiger partial charge is 0.147 e. The van der Waals surface area contributed by atoms with Crippen LogP contribution in [0.1, 0.15) is 49.5 Å². The summed E-state index contributed by atoms with van der Waals surface area (Å²) in [6.07, 6.45) is 2.27. The van der Waals surface area contributed by atoms with E-state index in [0.717, 1.165) is 12.8 Å². The van der Waals surface area contributed by atoms with Gasteiger partial charge in [0.15, 0.2) is 0 Å². The fraction of sp³-hybridized carbons (Fsp3) is 0.360. The van der Waals surface area contributed by atoms with Crippen LogP contribution >= 0.6 is 0 Å². The summed E-state index contributed by atoms with van der Waals surface area (Å²) in [7, 11) is 1.68. The average Bonchev–Trinajstić information content (AvgIpc) is 2.66. The minimum absolute atomic E-state index is 0.107. The first kappa shape index (κ1) is 18.2. The third kappa shape index (κ3) is 3.52. The zero-order chi connectivity index (χ0) is 19.0. The lowest BCUT2D eigenvalue weighted by Crippen LogP contribution is -2.27. The summed E-state index contributed by atoms with van der Waals surface area (Å²) < 4.78 is 11.2. The number of aryl methyl sites for hydroxylation is 1. The molecule has 0 radical (unpaired) electrons. The van der Waals surface area contributed by atoms with Gasteiger partial charge in [0.05, 0.1) is 6.10 Å². The van der Waals surface area contributed by atoms with Crippen LogP contribution in [0.4, 0.5) is 0 Å². The molecule has 0 amide bonds. The summed E-state index contributed by atoms with van der Waals surface area (Å²) in [5.74, 6) is 0. The van der Waals surface area contributed by atoms with Gasteiger partial charge in [-0.3, -0.25) is 0 Å². The van der Waals surface area contributed by atoms with E-state index in [0.29, 0.717) is 6.79 Å². The lowest BCUT2D eigenvalue weighted by Gasteiger charge is -2.37. The Balaban J connectivity index is 1.77. The molecule has 0 heterocycles. The van der Waals surface area contributed by atoms with E-state index < -0.39 is 0 Å². The number of rotatable bonds is 4. The van der Waals surface area contributed by atoms with Gasteiger partial charge >= 0.3 is 0 Å². The molecular formula is C25H28O2. The van der Waals surface area contributed by atoms with Crippen LogP contribution in [-0.4, -0.2) is 13.9 Å². The molecule has 0 fully saturated rings. The fourth-order valence-corrected chi connectivity index (χ4v) is 4.28.